The molecule has 0 bridgehead atoms. The maximum absolute atomic E-state index is 10.9. The molecule has 2 heteroatoms. The van der Waals surface area contributed by atoms with Gasteiger partial charge in [-0.2, -0.15) is 5.26 Å². The van der Waals surface area contributed by atoms with Gasteiger partial charge in [-0.15, -0.1) is 0 Å². The van der Waals surface area contributed by atoms with E-state index in [4.69, 9.17) is 5.26 Å². The predicted octanol–water partition coefficient (Wildman–Crippen LogP) is 1.98. The van der Waals surface area contributed by atoms with Crippen LogP contribution in [0.3, 0.4) is 0 Å². The summed E-state index contributed by atoms with van der Waals surface area (Å²) < 4.78 is 0. The molecule has 0 atom stereocenters. The summed E-state index contributed by atoms with van der Waals surface area (Å²) in [4.78, 5) is 10.9. The van der Waals surface area contributed by atoms with Crippen molar-refractivity contribution >= 4 is 11.9 Å². The summed E-state index contributed by atoms with van der Waals surface area (Å²) in [5, 5.41) is 8.61. The molecule has 0 heterocycles. The Hall–Kier alpha value is -1.88. The lowest BCUT2D eigenvalue weighted by Crippen LogP contribution is -1.92. The van der Waals surface area contributed by atoms with Crippen molar-refractivity contribution in [2.24, 2.45) is 0 Å². The molecule has 0 fully saturated rings. The molecule has 1 aromatic rings. The minimum Gasteiger partial charge on any atom is -0.294 e. The number of hydrogen-bond donors (Lipinski definition) is 0. The summed E-state index contributed by atoms with van der Waals surface area (Å²) in [5.74, 6) is -0.213. The van der Waals surface area contributed by atoms with Gasteiger partial charge in [-0.3, -0.25) is 4.79 Å². The van der Waals surface area contributed by atoms with E-state index in [0.29, 0.717) is 0 Å². The van der Waals surface area contributed by atoms with Crippen molar-refractivity contribution in [3.05, 3.63) is 41.5 Å². The van der Waals surface area contributed by atoms with Crippen molar-refractivity contribution in [3.63, 3.8) is 0 Å². The van der Waals surface area contributed by atoms with Gasteiger partial charge in [-0.05, 0) is 24.6 Å². The van der Waals surface area contributed by atoms with E-state index in [2.05, 4.69) is 6.07 Å². The number of hydrogen-bond acceptors (Lipinski definition) is 2. The highest BCUT2D eigenvalue weighted by molar-refractivity contribution is 6.01. The zero-order valence-corrected chi connectivity index (χ0v) is 7.24. The van der Waals surface area contributed by atoms with Crippen LogP contribution in [-0.2, 0) is 4.79 Å². The van der Waals surface area contributed by atoms with Crippen molar-refractivity contribution in [3.8, 4) is 6.07 Å². The third-order valence-electron chi connectivity index (χ3n) is 1.55. The molecular formula is C11H8NO. The number of rotatable bonds is 2. The quantitative estimate of drug-likeness (QED) is 0.503. The molecule has 0 spiro atoms. The second-order valence-electron chi connectivity index (χ2n) is 2.56. The lowest BCUT2D eigenvalue weighted by molar-refractivity contribution is -0.113. The van der Waals surface area contributed by atoms with Gasteiger partial charge in [0.1, 0.15) is 6.07 Å². The molecule has 0 unspecified atom stereocenters. The van der Waals surface area contributed by atoms with Crippen LogP contribution in [0.25, 0.3) is 6.08 Å². The zero-order valence-electron chi connectivity index (χ0n) is 7.24. The SMILES string of the molecule is CC(=O)C(C#N)=Cc1cc[c]cc1. The van der Waals surface area contributed by atoms with E-state index in [0.717, 1.165) is 5.56 Å². The molecule has 0 aliphatic carbocycles. The van der Waals surface area contributed by atoms with Crippen LogP contribution in [0, 0.1) is 17.4 Å². The van der Waals surface area contributed by atoms with Gasteiger partial charge in [-0.1, -0.05) is 24.3 Å². The van der Waals surface area contributed by atoms with Gasteiger partial charge in [0.2, 0.25) is 0 Å². The van der Waals surface area contributed by atoms with Crippen LogP contribution < -0.4 is 0 Å². The molecule has 63 valence electrons. The fourth-order valence-electron chi connectivity index (χ4n) is 0.875. The van der Waals surface area contributed by atoms with Crippen LogP contribution in [0.5, 0.6) is 0 Å². The largest absolute Gasteiger partial charge is 0.294 e. The summed E-state index contributed by atoms with van der Waals surface area (Å²) in [6.45, 7) is 1.38. The summed E-state index contributed by atoms with van der Waals surface area (Å²) in [7, 11) is 0. The van der Waals surface area contributed by atoms with Gasteiger partial charge in [0.05, 0.1) is 5.57 Å². The van der Waals surface area contributed by atoms with E-state index in [1.165, 1.54) is 6.92 Å². The Kier molecular flexibility index (Phi) is 2.99. The molecule has 2 nitrogen and oxygen atoms in total. The second kappa shape index (κ2) is 4.22. The highest BCUT2D eigenvalue weighted by Crippen LogP contribution is 2.05. The number of ketones is 1. The monoisotopic (exact) mass is 170 g/mol. The average molecular weight is 170 g/mol. The zero-order chi connectivity index (χ0) is 9.68. The van der Waals surface area contributed by atoms with Crippen molar-refractivity contribution in [2.45, 2.75) is 6.92 Å². The summed E-state index contributed by atoms with van der Waals surface area (Å²) in [5.41, 5.74) is 1.01. The van der Waals surface area contributed by atoms with Crippen LogP contribution >= 0.6 is 0 Å². The predicted molar refractivity (Wildman–Crippen MR) is 49.5 cm³/mol. The number of Topliss-reactive ketones (excluding diaryl/α,β-unsaturated/α-hetero) is 1. The first kappa shape index (κ1) is 9.21. The Balaban J connectivity index is 3.01. The van der Waals surface area contributed by atoms with Crippen molar-refractivity contribution in [1.82, 2.24) is 0 Å². The van der Waals surface area contributed by atoms with Gasteiger partial charge in [0, 0.05) is 0 Å². The fraction of sp³-hybridized carbons (Fsp3) is 0.0909. The van der Waals surface area contributed by atoms with Gasteiger partial charge < -0.3 is 0 Å². The van der Waals surface area contributed by atoms with Gasteiger partial charge in [0.25, 0.3) is 0 Å². The highest BCUT2D eigenvalue weighted by atomic mass is 16.1. The first-order valence-corrected chi connectivity index (χ1v) is 3.83. The van der Waals surface area contributed by atoms with E-state index in [1.54, 1.807) is 30.3 Å². The molecule has 0 aliphatic heterocycles. The van der Waals surface area contributed by atoms with Gasteiger partial charge in [-0.25, -0.2) is 0 Å². The third kappa shape index (κ3) is 2.57. The van der Waals surface area contributed by atoms with E-state index < -0.39 is 0 Å². The Bertz CT molecular complexity index is 371. The molecule has 0 aromatic heterocycles. The van der Waals surface area contributed by atoms with Crippen LogP contribution in [0.15, 0.2) is 29.8 Å². The molecule has 0 saturated carbocycles. The van der Waals surface area contributed by atoms with E-state index >= 15 is 0 Å². The topological polar surface area (TPSA) is 40.9 Å². The lowest BCUT2D eigenvalue weighted by atomic mass is 10.1. The number of carbonyl (C=O) groups is 1. The second-order valence-corrected chi connectivity index (χ2v) is 2.56. The Morgan fingerprint density at radius 3 is 2.62 bits per heavy atom. The van der Waals surface area contributed by atoms with Crippen molar-refractivity contribution in [2.75, 3.05) is 0 Å². The van der Waals surface area contributed by atoms with E-state index in [9.17, 15) is 4.79 Å². The van der Waals surface area contributed by atoms with E-state index in [1.807, 2.05) is 6.07 Å². The van der Waals surface area contributed by atoms with Crippen LogP contribution in [0.1, 0.15) is 12.5 Å². The van der Waals surface area contributed by atoms with Crippen LogP contribution in [0.2, 0.25) is 0 Å². The van der Waals surface area contributed by atoms with Gasteiger partial charge >= 0.3 is 0 Å². The summed E-state index contributed by atoms with van der Waals surface area (Å²) >= 11 is 0. The molecule has 0 aliphatic rings. The molecule has 1 radical (unpaired) electrons. The first-order chi connectivity index (χ1) is 6.24. The number of nitriles is 1. The van der Waals surface area contributed by atoms with E-state index in [-0.39, 0.29) is 11.4 Å². The summed E-state index contributed by atoms with van der Waals surface area (Å²) in [6.07, 6.45) is 1.57. The minimum absolute atomic E-state index is 0.172. The standard InChI is InChI=1S/C11H8NO/c1-9(13)11(8-12)7-10-5-3-2-4-6-10/h3-7H,1H3. The maximum atomic E-state index is 10.9. The molecule has 1 aromatic carbocycles. The first-order valence-electron chi connectivity index (χ1n) is 3.83. The van der Waals surface area contributed by atoms with Crippen molar-refractivity contribution < 1.29 is 4.79 Å². The molecule has 0 N–H and O–H groups in total. The number of carbonyl (C=O) groups excluding carboxylic acids is 1. The smallest absolute Gasteiger partial charge is 0.170 e. The average Bonchev–Trinajstić information content (AvgIpc) is 2.15. The van der Waals surface area contributed by atoms with Crippen LogP contribution in [0.4, 0.5) is 0 Å². The summed E-state index contributed by atoms with van der Waals surface area (Å²) in [6, 6.07) is 11.8. The maximum Gasteiger partial charge on any atom is 0.170 e. The molecule has 0 saturated heterocycles. The molecule has 13 heavy (non-hydrogen) atoms. The third-order valence-corrected chi connectivity index (χ3v) is 1.55. The Labute approximate surface area is 77.1 Å². The number of nitrogens with zero attached hydrogens (tertiary/aromatic N) is 1. The minimum atomic E-state index is -0.213. The fourth-order valence-corrected chi connectivity index (χ4v) is 0.875. The van der Waals surface area contributed by atoms with Crippen molar-refractivity contribution in [1.29, 1.82) is 5.26 Å². The number of benzene rings is 1. The van der Waals surface area contributed by atoms with Crippen LogP contribution in [-0.4, -0.2) is 5.78 Å². The molecule has 1 rings (SSSR count). The molecular weight excluding hydrogens is 162 g/mol. The number of allylic oxidation sites excluding steroid dienone is 1. The lowest BCUT2D eigenvalue weighted by Gasteiger charge is -1.92. The highest BCUT2D eigenvalue weighted by Gasteiger charge is 2.00. The Morgan fingerprint density at radius 2 is 2.15 bits per heavy atom. The van der Waals surface area contributed by atoms with Gasteiger partial charge in [0.15, 0.2) is 5.78 Å². The molecule has 0 amide bonds. The normalized spacial score (nSPS) is 10.6. The Morgan fingerprint density at radius 1 is 1.54 bits per heavy atom.